The van der Waals surface area contributed by atoms with Crippen LogP contribution in [0.3, 0.4) is 0 Å². The predicted octanol–water partition coefficient (Wildman–Crippen LogP) is 2.96. The number of rotatable bonds is 0. The Kier molecular flexibility index (Phi) is 5.79. The second kappa shape index (κ2) is 5.78. The lowest BCUT2D eigenvalue weighted by Gasteiger charge is -2.12. The van der Waals surface area contributed by atoms with Crippen LogP contribution in [0.25, 0.3) is 0 Å². The zero-order valence-electron chi connectivity index (χ0n) is 7.35. The maximum absolute atomic E-state index is 4.36. The third-order valence-electron chi connectivity index (χ3n) is 1.25. The number of hydrogen-bond donors (Lipinski definition) is 0. The Balaban J connectivity index is 0.000000371. The average Bonchev–Trinajstić information content (AvgIpc) is 1.91. The van der Waals surface area contributed by atoms with E-state index >= 15 is 0 Å². The van der Waals surface area contributed by atoms with Crippen molar-refractivity contribution in [3.63, 3.8) is 0 Å². The Labute approximate surface area is 68.3 Å². The molecule has 0 aliphatic carbocycles. The summed E-state index contributed by atoms with van der Waals surface area (Å²) in [6, 6.07) is 0.580. The van der Waals surface area contributed by atoms with Crippen LogP contribution in [0.15, 0.2) is 4.99 Å². The van der Waals surface area contributed by atoms with Crippen LogP contribution in [0, 0.1) is 0 Å². The minimum Gasteiger partial charge on any atom is -0.280 e. The molecular formula is C8H17NS. The van der Waals surface area contributed by atoms with Gasteiger partial charge in [-0.1, -0.05) is 13.8 Å². The predicted molar refractivity (Wildman–Crippen MR) is 51.0 cm³/mol. The standard InChI is InChI=1S/C6H11NS.C2H6/c1-5-3-4-8-6(2)7-5;1-2/h5H,3-4H2,1-2H3;1-2H3. The first-order chi connectivity index (χ1) is 4.79. The molecule has 0 aromatic rings. The van der Waals surface area contributed by atoms with Crippen molar-refractivity contribution in [2.24, 2.45) is 4.99 Å². The number of hydrogen-bond acceptors (Lipinski definition) is 2. The van der Waals surface area contributed by atoms with Gasteiger partial charge in [0.25, 0.3) is 0 Å². The molecule has 0 amide bonds. The van der Waals surface area contributed by atoms with Gasteiger partial charge in [0.2, 0.25) is 0 Å². The van der Waals surface area contributed by atoms with Crippen molar-refractivity contribution < 1.29 is 0 Å². The second-order valence-electron chi connectivity index (χ2n) is 2.13. The molecule has 1 aliphatic rings. The fourth-order valence-corrected chi connectivity index (χ4v) is 1.80. The van der Waals surface area contributed by atoms with Crippen LogP contribution < -0.4 is 0 Å². The summed E-state index contributed by atoms with van der Waals surface area (Å²) in [4.78, 5) is 4.36. The van der Waals surface area contributed by atoms with E-state index in [1.54, 1.807) is 0 Å². The fraction of sp³-hybridized carbons (Fsp3) is 0.875. The molecule has 0 aromatic carbocycles. The highest BCUT2D eigenvalue weighted by Gasteiger charge is 2.06. The van der Waals surface area contributed by atoms with Crippen molar-refractivity contribution in [3.05, 3.63) is 0 Å². The highest BCUT2D eigenvalue weighted by atomic mass is 32.2. The molecule has 1 aliphatic heterocycles. The summed E-state index contributed by atoms with van der Waals surface area (Å²) in [7, 11) is 0. The molecule has 0 saturated carbocycles. The van der Waals surface area contributed by atoms with Gasteiger partial charge >= 0.3 is 0 Å². The SMILES string of the molecule is CC.CC1=NC(C)CCS1. The Morgan fingerprint density at radius 2 is 2.10 bits per heavy atom. The summed E-state index contributed by atoms with van der Waals surface area (Å²) >= 11 is 1.87. The minimum absolute atomic E-state index is 0.580. The molecule has 2 heteroatoms. The van der Waals surface area contributed by atoms with Gasteiger partial charge in [0, 0.05) is 11.8 Å². The highest BCUT2D eigenvalue weighted by molar-refractivity contribution is 8.13. The molecule has 0 saturated heterocycles. The van der Waals surface area contributed by atoms with Gasteiger partial charge in [-0.15, -0.1) is 11.8 Å². The third kappa shape index (κ3) is 3.94. The lowest BCUT2D eigenvalue weighted by molar-refractivity contribution is 0.720. The van der Waals surface area contributed by atoms with Crippen LogP contribution in [0.4, 0.5) is 0 Å². The van der Waals surface area contributed by atoms with E-state index in [0.29, 0.717) is 6.04 Å². The van der Waals surface area contributed by atoms with Crippen molar-refractivity contribution >= 4 is 16.8 Å². The van der Waals surface area contributed by atoms with Crippen molar-refractivity contribution in [1.82, 2.24) is 0 Å². The van der Waals surface area contributed by atoms with Gasteiger partial charge in [0.05, 0.1) is 5.04 Å². The summed E-state index contributed by atoms with van der Waals surface area (Å²) in [5.74, 6) is 1.26. The molecule has 1 unspecified atom stereocenters. The van der Waals surface area contributed by atoms with E-state index in [1.165, 1.54) is 17.2 Å². The Bertz CT molecular complexity index is 110. The first-order valence-corrected chi connectivity index (χ1v) is 4.95. The maximum Gasteiger partial charge on any atom is 0.0648 e. The number of thioether (sulfide) groups is 1. The maximum atomic E-state index is 4.36. The summed E-state index contributed by atoms with van der Waals surface area (Å²) in [6.07, 6.45) is 1.25. The van der Waals surface area contributed by atoms with E-state index in [4.69, 9.17) is 0 Å². The van der Waals surface area contributed by atoms with Crippen molar-refractivity contribution in [2.75, 3.05) is 5.75 Å². The van der Waals surface area contributed by atoms with Gasteiger partial charge < -0.3 is 0 Å². The number of nitrogens with zero attached hydrogens (tertiary/aromatic N) is 1. The van der Waals surface area contributed by atoms with Gasteiger partial charge in [-0.3, -0.25) is 4.99 Å². The largest absolute Gasteiger partial charge is 0.280 e. The van der Waals surface area contributed by atoms with Crippen LogP contribution in [0.1, 0.15) is 34.1 Å². The Morgan fingerprint density at radius 1 is 1.50 bits per heavy atom. The van der Waals surface area contributed by atoms with Gasteiger partial charge in [-0.05, 0) is 20.3 Å². The van der Waals surface area contributed by atoms with E-state index in [9.17, 15) is 0 Å². The normalized spacial score (nSPS) is 24.4. The zero-order valence-corrected chi connectivity index (χ0v) is 8.16. The number of aliphatic imine (C=N–C) groups is 1. The molecule has 10 heavy (non-hydrogen) atoms. The topological polar surface area (TPSA) is 12.4 Å². The Hall–Kier alpha value is 0.0200. The Morgan fingerprint density at radius 3 is 2.40 bits per heavy atom. The van der Waals surface area contributed by atoms with Crippen LogP contribution in [-0.4, -0.2) is 16.8 Å². The molecule has 1 nitrogen and oxygen atoms in total. The van der Waals surface area contributed by atoms with E-state index < -0.39 is 0 Å². The van der Waals surface area contributed by atoms with Gasteiger partial charge in [-0.2, -0.15) is 0 Å². The zero-order chi connectivity index (χ0) is 7.98. The van der Waals surface area contributed by atoms with Gasteiger partial charge in [0.1, 0.15) is 0 Å². The molecule has 0 N–H and O–H groups in total. The minimum atomic E-state index is 0.580. The van der Waals surface area contributed by atoms with E-state index in [1.807, 2.05) is 25.6 Å². The summed E-state index contributed by atoms with van der Waals surface area (Å²) < 4.78 is 0. The summed E-state index contributed by atoms with van der Waals surface area (Å²) in [5.41, 5.74) is 0. The highest BCUT2D eigenvalue weighted by Crippen LogP contribution is 2.15. The monoisotopic (exact) mass is 159 g/mol. The van der Waals surface area contributed by atoms with Crippen LogP contribution in [-0.2, 0) is 0 Å². The van der Waals surface area contributed by atoms with Crippen LogP contribution in [0.5, 0.6) is 0 Å². The smallest absolute Gasteiger partial charge is 0.0648 e. The van der Waals surface area contributed by atoms with Crippen LogP contribution >= 0.6 is 11.8 Å². The van der Waals surface area contributed by atoms with E-state index in [-0.39, 0.29) is 0 Å². The van der Waals surface area contributed by atoms with E-state index in [0.717, 1.165) is 0 Å². The molecule has 60 valence electrons. The van der Waals surface area contributed by atoms with Gasteiger partial charge in [0.15, 0.2) is 0 Å². The molecule has 1 rings (SSSR count). The van der Waals surface area contributed by atoms with Gasteiger partial charge in [-0.25, -0.2) is 0 Å². The lowest BCUT2D eigenvalue weighted by Crippen LogP contribution is -2.08. The molecule has 1 atom stereocenters. The molecule has 0 spiro atoms. The molecule has 0 bridgehead atoms. The van der Waals surface area contributed by atoms with Crippen molar-refractivity contribution in [3.8, 4) is 0 Å². The molecule has 1 heterocycles. The van der Waals surface area contributed by atoms with Crippen molar-refractivity contribution in [1.29, 1.82) is 0 Å². The van der Waals surface area contributed by atoms with Crippen LogP contribution in [0.2, 0.25) is 0 Å². The first-order valence-electron chi connectivity index (χ1n) is 3.96. The summed E-state index contributed by atoms with van der Waals surface area (Å²) in [5, 5.41) is 1.25. The molecular weight excluding hydrogens is 142 g/mol. The average molecular weight is 159 g/mol. The molecule has 0 fully saturated rings. The van der Waals surface area contributed by atoms with Crippen molar-refractivity contribution in [2.45, 2.75) is 40.2 Å². The van der Waals surface area contributed by atoms with E-state index in [2.05, 4.69) is 18.8 Å². The first kappa shape index (κ1) is 10.0. The lowest BCUT2D eigenvalue weighted by atomic mass is 10.3. The third-order valence-corrected chi connectivity index (χ3v) is 2.21. The second-order valence-corrected chi connectivity index (χ2v) is 3.42. The fourth-order valence-electron chi connectivity index (χ4n) is 0.789. The molecule has 0 aromatic heterocycles. The summed E-state index contributed by atoms with van der Waals surface area (Å²) in [6.45, 7) is 8.25. The quantitative estimate of drug-likeness (QED) is 0.529. The molecule has 0 radical (unpaired) electrons.